The van der Waals surface area contributed by atoms with Crippen LogP contribution in [0.25, 0.3) is 0 Å². The van der Waals surface area contributed by atoms with Crippen molar-refractivity contribution in [3.63, 3.8) is 0 Å². The number of fused-ring (bicyclic) bond motifs is 7. The molecule has 2 heterocycles. The van der Waals surface area contributed by atoms with Crippen LogP contribution in [0.5, 0.6) is 0 Å². The molecule has 2 aliphatic heterocycles. The Bertz CT molecular complexity index is 1130. The third-order valence-electron chi connectivity index (χ3n) is 13.4. The predicted octanol–water partition coefficient (Wildman–Crippen LogP) is 5.84. The standard InChI is InChI=1S/C34H52O8/c1-17-14-34(42-31(17,6)7)18(2)29-26(41-34)13-24-23-11-10-22-12-25(38-19(3)35)27(39-20(4)36)15-32(22,8)30(23)28(40-21(5)37)16-33(24,29)9/h17-18,22-30H,10-16H2,1-9H3/t17-,18-,22-,23-,24-,25-,26-,27?,28-,29-,30+,32-,33-,34+/m0/s1. The Balaban J connectivity index is 1.33. The average Bonchev–Trinajstić information content (AvgIpc) is 3.37. The van der Waals surface area contributed by atoms with Crippen LogP contribution >= 0.6 is 0 Å². The van der Waals surface area contributed by atoms with Crippen molar-refractivity contribution >= 4 is 17.9 Å². The number of esters is 3. The van der Waals surface area contributed by atoms with Gasteiger partial charge in [0.05, 0.1) is 11.7 Å². The summed E-state index contributed by atoms with van der Waals surface area (Å²) in [4.78, 5) is 36.8. The molecule has 4 aliphatic carbocycles. The van der Waals surface area contributed by atoms with Crippen molar-refractivity contribution in [2.24, 2.45) is 52.3 Å². The lowest BCUT2D eigenvalue weighted by Gasteiger charge is -2.63. The van der Waals surface area contributed by atoms with Gasteiger partial charge in [0, 0.05) is 39.0 Å². The minimum atomic E-state index is -0.546. The highest BCUT2D eigenvalue weighted by Crippen LogP contribution is 2.72. The number of hydrogen-bond acceptors (Lipinski definition) is 8. The summed E-state index contributed by atoms with van der Waals surface area (Å²) >= 11 is 0. The summed E-state index contributed by atoms with van der Waals surface area (Å²) in [6, 6.07) is 0. The highest BCUT2D eigenvalue weighted by Gasteiger charge is 2.73. The quantitative estimate of drug-likeness (QED) is 0.300. The van der Waals surface area contributed by atoms with Gasteiger partial charge in [-0.15, -0.1) is 0 Å². The van der Waals surface area contributed by atoms with Gasteiger partial charge < -0.3 is 23.7 Å². The minimum Gasteiger partial charge on any atom is -0.462 e. The zero-order chi connectivity index (χ0) is 30.6. The van der Waals surface area contributed by atoms with E-state index in [1.165, 1.54) is 20.8 Å². The van der Waals surface area contributed by atoms with Gasteiger partial charge in [0.25, 0.3) is 0 Å². The van der Waals surface area contributed by atoms with E-state index in [2.05, 4.69) is 41.5 Å². The van der Waals surface area contributed by atoms with Gasteiger partial charge in [0.1, 0.15) is 18.3 Å². The predicted molar refractivity (Wildman–Crippen MR) is 154 cm³/mol. The molecule has 4 saturated carbocycles. The van der Waals surface area contributed by atoms with Gasteiger partial charge in [-0.1, -0.05) is 27.7 Å². The zero-order valence-corrected chi connectivity index (χ0v) is 27.1. The number of hydrogen-bond donors (Lipinski definition) is 0. The van der Waals surface area contributed by atoms with Gasteiger partial charge in [-0.25, -0.2) is 0 Å². The van der Waals surface area contributed by atoms with Crippen LogP contribution in [0.15, 0.2) is 0 Å². The van der Waals surface area contributed by atoms with Crippen molar-refractivity contribution in [2.75, 3.05) is 0 Å². The zero-order valence-electron chi connectivity index (χ0n) is 27.1. The molecule has 2 saturated heterocycles. The molecule has 1 unspecified atom stereocenters. The van der Waals surface area contributed by atoms with E-state index in [0.717, 1.165) is 32.1 Å². The SMILES string of the molecule is CC(=O)OC1C[C@@]2(C)[C@@H](CC[C@@H]3[C@@H]2[C@@H](OC(C)=O)C[C@]2(C)[C@@H]4[C@H](C[C@@H]32)O[C@@]2(C[C@H](C)C(C)(C)O2)[C@H]4C)C[C@@H]1OC(C)=O. The van der Waals surface area contributed by atoms with E-state index in [1.807, 2.05) is 0 Å². The number of ether oxygens (including phenoxy) is 5. The van der Waals surface area contributed by atoms with E-state index in [0.29, 0.717) is 36.5 Å². The van der Waals surface area contributed by atoms with Crippen molar-refractivity contribution < 1.29 is 38.1 Å². The van der Waals surface area contributed by atoms with E-state index in [4.69, 9.17) is 23.7 Å². The average molecular weight is 589 g/mol. The number of rotatable bonds is 3. The van der Waals surface area contributed by atoms with Crippen LogP contribution in [-0.2, 0) is 38.1 Å². The summed E-state index contributed by atoms with van der Waals surface area (Å²) in [6.45, 7) is 18.1. The minimum absolute atomic E-state index is 0.0401. The second-order valence-corrected chi connectivity index (χ2v) is 16.0. The first-order valence-electron chi connectivity index (χ1n) is 16.4. The van der Waals surface area contributed by atoms with Gasteiger partial charge >= 0.3 is 17.9 Å². The van der Waals surface area contributed by atoms with Crippen LogP contribution in [0.4, 0.5) is 0 Å². The molecule has 8 nitrogen and oxygen atoms in total. The molecular weight excluding hydrogens is 536 g/mol. The van der Waals surface area contributed by atoms with Gasteiger partial charge in [-0.05, 0) is 92.8 Å². The van der Waals surface area contributed by atoms with E-state index in [-0.39, 0.29) is 64.3 Å². The van der Waals surface area contributed by atoms with Crippen LogP contribution < -0.4 is 0 Å². The fourth-order valence-corrected chi connectivity index (χ4v) is 11.6. The van der Waals surface area contributed by atoms with Crippen LogP contribution in [0.3, 0.4) is 0 Å². The van der Waals surface area contributed by atoms with Gasteiger partial charge in [0.15, 0.2) is 5.79 Å². The smallest absolute Gasteiger partial charge is 0.303 e. The maximum atomic E-state index is 12.6. The third-order valence-corrected chi connectivity index (χ3v) is 13.4. The van der Waals surface area contributed by atoms with Crippen LogP contribution in [0, 0.1) is 52.3 Å². The van der Waals surface area contributed by atoms with Gasteiger partial charge in [-0.3, -0.25) is 14.4 Å². The monoisotopic (exact) mass is 588 g/mol. The second kappa shape index (κ2) is 9.92. The summed E-state index contributed by atoms with van der Waals surface area (Å²) in [6.07, 6.45) is 4.99. The maximum absolute atomic E-state index is 12.6. The van der Waals surface area contributed by atoms with Crippen molar-refractivity contribution in [3.8, 4) is 0 Å². The van der Waals surface area contributed by atoms with Crippen molar-refractivity contribution in [1.29, 1.82) is 0 Å². The summed E-state index contributed by atoms with van der Waals surface area (Å²) in [5.74, 6) is 0.729. The largest absolute Gasteiger partial charge is 0.462 e. The van der Waals surface area contributed by atoms with Crippen molar-refractivity contribution in [2.45, 2.75) is 143 Å². The lowest BCUT2D eigenvalue weighted by molar-refractivity contribution is -0.258. The Hall–Kier alpha value is -1.67. The van der Waals surface area contributed by atoms with E-state index in [9.17, 15) is 14.4 Å². The maximum Gasteiger partial charge on any atom is 0.303 e. The number of carbonyl (C=O) groups is 3. The van der Waals surface area contributed by atoms with Crippen molar-refractivity contribution in [3.05, 3.63) is 0 Å². The fraction of sp³-hybridized carbons (Fsp3) is 0.912. The Morgan fingerprint density at radius 2 is 1.31 bits per heavy atom. The van der Waals surface area contributed by atoms with Crippen LogP contribution in [0.2, 0.25) is 0 Å². The lowest BCUT2D eigenvalue weighted by Crippen LogP contribution is -2.62. The highest BCUT2D eigenvalue weighted by atomic mass is 16.7. The van der Waals surface area contributed by atoms with Crippen LogP contribution in [0.1, 0.15) is 107 Å². The Morgan fingerprint density at radius 3 is 1.90 bits per heavy atom. The summed E-state index contributed by atoms with van der Waals surface area (Å²) in [5, 5.41) is 0. The first kappa shape index (κ1) is 30.4. The Kier molecular flexibility index (Phi) is 7.17. The molecule has 8 heteroatoms. The Morgan fingerprint density at radius 1 is 0.714 bits per heavy atom. The topological polar surface area (TPSA) is 97.4 Å². The van der Waals surface area contributed by atoms with Gasteiger partial charge in [0.2, 0.25) is 0 Å². The molecule has 14 atom stereocenters. The molecule has 6 aliphatic rings. The molecule has 0 aromatic carbocycles. The van der Waals surface area contributed by atoms with E-state index in [1.54, 1.807) is 0 Å². The second-order valence-electron chi connectivity index (χ2n) is 16.0. The lowest BCUT2D eigenvalue weighted by atomic mass is 9.43. The molecule has 0 radical (unpaired) electrons. The molecule has 0 bridgehead atoms. The summed E-state index contributed by atoms with van der Waals surface area (Å²) in [5.41, 5.74) is -0.482. The van der Waals surface area contributed by atoms with E-state index >= 15 is 0 Å². The molecule has 0 amide bonds. The first-order chi connectivity index (χ1) is 19.5. The molecule has 0 aromatic rings. The molecule has 1 spiro atoms. The fourth-order valence-electron chi connectivity index (χ4n) is 11.6. The van der Waals surface area contributed by atoms with Crippen LogP contribution in [-0.4, -0.2) is 53.7 Å². The molecule has 0 N–H and O–H groups in total. The summed E-state index contributed by atoms with van der Waals surface area (Å²) < 4.78 is 31.6. The molecule has 236 valence electrons. The molecule has 42 heavy (non-hydrogen) atoms. The molecular formula is C34H52O8. The highest BCUT2D eigenvalue weighted by molar-refractivity contribution is 5.67. The first-order valence-corrected chi connectivity index (χ1v) is 16.4. The molecule has 0 aromatic heterocycles. The third kappa shape index (κ3) is 4.47. The van der Waals surface area contributed by atoms with Gasteiger partial charge in [-0.2, -0.15) is 0 Å². The molecule has 6 fully saturated rings. The summed E-state index contributed by atoms with van der Waals surface area (Å²) in [7, 11) is 0. The normalized spacial score (nSPS) is 52.1. The number of carbonyl (C=O) groups excluding carboxylic acids is 3. The van der Waals surface area contributed by atoms with Crippen molar-refractivity contribution in [1.82, 2.24) is 0 Å². The Labute approximate surface area is 251 Å². The molecule has 6 rings (SSSR count). The van der Waals surface area contributed by atoms with E-state index < -0.39 is 18.0 Å².